The first kappa shape index (κ1) is 16.5. The van der Waals surface area contributed by atoms with E-state index in [0.717, 1.165) is 28.0 Å². The Hall–Kier alpha value is -2.40. The minimum Gasteiger partial charge on any atom is -0.459 e. The fourth-order valence-electron chi connectivity index (χ4n) is 2.59. The fraction of sp³-hybridized carbons (Fsp3) is 0.211. The van der Waals surface area contributed by atoms with Crippen LogP contribution in [-0.2, 0) is 15.6 Å². The number of amides is 1. The van der Waals surface area contributed by atoms with Crippen LogP contribution in [0.1, 0.15) is 18.7 Å². The third-order valence-corrected chi connectivity index (χ3v) is 5.38. The van der Waals surface area contributed by atoms with Gasteiger partial charge in [0.05, 0.1) is 16.8 Å². The quantitative estimate of drug-likeness (QED) is 0.615. The van der Waals surface area contributed by atoms with Crippen molar-refractivity contribution in [2.24, 2.45) is 0 Å². The molecule has 0 spiro atoms. The van der Waals surface area contributed by atoms with Gasteiger partial charge in [0, 0.05) is 22.6 Å². The van der Waals surface area contributed by atoms with Gasteiger partial charge in [-0.25, -0.2) is 0 Å². The van der Waals surface area contributed by atoms with Crippen LogP contribution in [-0.4, -0.2) is 27.8 Å². The van der Waals surface area contributed by atoms with E-state index in [-0.39, 0.29) is 6.04 Å². The van der Waals surface area contributed by atoms with Crippen LogP contribution in [0.3, 0.4) is 0 Å². The van der Waals surface area contributed by atoms with E-state index >= 15 is 0 Å². The van der Waals surface area contributed by atoms with Gasteiger partial charge in [0.15, 0.2) is 0 Å². The van der Waals surface area contributed by atoms with Crippen LogP contribution >= 0.6 is 0 Å². The summed E-state index contributed by atoms with van der Waals surface area (Å²) in [5, 5.41) is 1.01. The number of carbonyl (C=O) groups excluding carboxylic acids is 1. The molecule has 0 aliphatic rings. The predicted octanol–water partition coefficient (Wildman–Crippen LogP) is 3.76. The molecule has 2 aromatic carbocycles. The van der Waals surface area contributed by atoms with E-state index in [9.17, 15) is 9.00 Å². The molecule has 1 amide bonds. The lowest BCUT2D eigenvalue weighted by atomic mass is 10.2. The fourth-order valence-corrected chi connectivity index (χ4v) is 3.66. The van der Waals surface area contributed by atoms with Crippen molar-refractivity contribution in [1.29, 1.82) is 0 Å². The number of rotatable bonds is 7. The van der Waals surface area contributed by atoms with E-state index < -0.39 is 10.8 Å². The molecule has 0 aliphatic carbocycles. The van der Waals surface area contributed by atoms with Crippen LogP contribution in [0.5, 0.6) is 0 Å². The summed E-state index contributed by atoms with van der Waals surface area (Å²) >= 11 is 0. The van der Waals surface area contributed by atoms with Crippen LogP contribution in [0.2, 0.25) is 0 Å². The highest BCUT2D eigenvalue weighted by molar-refractivity contribution is 7.85. The smallest absolute Gasteiger partial charge is 0.210 e. The Labute approximate surface area is 143 Å². The maximum absolute atomic E-state index is 12.3. The molecule has 2 atom stereocenters. The first-order valence-electron chi connectivity index (χ1n) is 7.82. The lowest BCUT2D eigenvalue weighted by Crippen LogP contribution is -2.29. The molecule has 0 N–H and O–H groups in total. The first-order valence-corrected chi connectivity index (χ1v) is 9.14. The zero-order valence-electron chi connectivity index (χ0n) is 13.4. The van der Waals surface area contributed by atoms with Gasteiger partial charge in [0.25, 0.3) is 0 Å². The summed E-state index contributed by atoms with van der Waals surface area (Å²) < 4.78 is 18.1. The van der Waals surface area contributed by atoms with E-state index in [1.165, 1.54) is 0 Å². The molecule has 24 heavy (non-hydrogen) atoms. The molecule has 0 saturated carbocycles. The minimum atomic E-state index is -1.12. The van der Waals surface area contributed by atoms with Gasteiger partial charge in [-0.1, -0.05) is 36.4 Å². The monoisotopic (exact) mass is 341 g/mol. The summed E-state index contributed by atoms with van der Waals surface area (Å²) in [6, 6.07) is 18.8. The lowest BCUT2D eigenvalue weighted by Gasteiger charge is -2.23. The SMILES string of the molecule is CC(c1cc2ccccc2o1)N(C=O)CCS(=O)c1ccccc1. The average molecular weight is 341 g/mol. The standard InChI is InChI=1S/C19H19NO3S/c1-15(19-13-16-7-5-6-10-18(16)23-19)20(14-21)11-12-24(22)17-8-3-2-4-9-17/h2-10,13-15H,11-12H2,1H3. The molecule has 5 heteroatoms. The van der Waals surface area contributed by atoms with Gasteiger partial charge in [0.1, 0.15) is 11.3 Å². The third-order valence-electron chi connectivity index (χ3n) is 4.03. The third kappa shape index (κ3) is 3.57. The molecular weight excluding hydrogens is 322 g/mol. The van der Waals surface area contributed by atoms with Crippen molar-refractivity contribution in [3.05, 3.63) is 66.4 Å². The Balaban J connectivity index is 1.69. The molecule has 0 fully saturated rings. The van der Waals surface area contributed by atoms with Gasteiger partial charge >= 0.3 is 0 Å². The number of carbonyl (C=O) groups is 1. The molecular formula is C19H19NO3S. The average Bonchev–Trinajstić information content (AvgIpc) is 3.06. The molecule has 0 radical (unpaired) electrons. The Morgan fingerprint density at radius 3 is 2.54 bits per heavy atom. The number of para-hydroxylation sites is 1. The highest BCUT2D eigenvalue weighted by Gasteiger charge is 2.19. The Morgan fingerprint density at radius 1 is 1.12 bits per heavy atom. The highest BCUT2D eigenvalue weighted by atomic mass is 32.2. The number of fused-ring (bicyclic) bond motifs is 1. The number of hydrogen-bond donors (Lipinski definition) is 0. The summed E-state index contributed by atoms with van der Waals surface area (Å²) in [4.78, 5) is 13.9. The van der Waals surface area contributed by atoms with Gasteiger partial charge in [-0.3, -0.25) is 9.00 Å². The van der Waals surface area contributed by atoms with Crippen LogP contribution < -0.4 is 0 Å². The van der Waals surface area contributed by atoms with Crippen molar-refractivity contribution in [3.63, 3.8) is 0 Å². The number of nitrogens with zero attached hydrogens (tertiary/aromatic N) is 1. The van der Waals surface area contributed by atoms with Crippen molar-refractivity contribution in [2.75, 3.05) is 12.3 Å². The second-order valence-corrected chi connectivity index (χ2v) is 7.14. The summed E-state index contributed by atoms with van der Waals surface area (Å²) in [5.41, 5.74) is 0.804. The molecule has 0 aliphatic heterocycles. The Bertz CT molecular complexity index is 811. The normalized spacial score (nSPS) is 13.5. The summed E-state index contributed by atoms with van der Waals surface area (Å²) in [7, 11) is -1.12. The summed E-state index contributed by atoms with van der Waals surface area (Å²) in [6.45, 7) is 2.32. The Kier molecular flexibility index (Phi) is 5.11. The molecule has 124 valence electrons. The molecule has 3 aromatic rings. The topological polar surface area (TPSA) is 50.5 Å². The zero-order chi connectivity index (χ0) is 16.9. The predicted molar refractivity (Wildman–Crippen MR) is 95.1 cm³/mol. The van der Waals surface area contributed by atoms with Crippen LogP contribution in [0.25, 0.3) is 11.0 Å². The summed E-state index contributed by atoms with van der Waals surface area (Å²) in [5.74, 6) is 1.13. The molecule has 0 saturated heterocycles. The van der Waals surface area contributed by atoms with E-state index in [1.54, 1.807) is 4.90 Å². The summed E-state index contributed by atoms with van der Waals surface area (Å²) in [6.07, 6.45) is 0.792. The molecule has 1 heterocycles. The zero-order valence-corrected chi connectivity index (χ0v) is 14.2. The number of furan rings is 1. The van der Waals surface area contributed by atoms with Crippen molar-refractivity contribution in [2.45, 2.75) is 17.9 Å². The molecule has 1 aromatic heterocycles. The van der Waals surface area contributed by atoms with Crippen molar-refractivity contribution >= 4 is 28.2 Å². The number of hydrogen-bond acceptors (Lipinski definition) is 3. The van der Waals surface area contributed by atoms with E-state index in [0.29, 0.717) is 12.3 Å². The maximum atomic E-state index is 12.3. The van der Waals surface area contributed by atoms with E-state index in [2.05, 4.69) is 0 Å². The largest absolute Gasteiger partial charge is 0.459 e. The number of benzene rings is 2. The molecule has 4 nitrogen and oxygen atoms in total. The van der Waals surface area contributed by atoms with Crippen LogP contribution in [0, 0.1) is 0 Å². The van der Waals surface area contributed by atoms with E-state index in [4.69, 9.17) is 4.42 Å². The van der Waals surface area contributed by atoms with Gasteiger partial charge in [0.2, 0.25) is 6.41 Å². The highest BCUT2D eigenvalue weighted by Crippen LogP contribution is 2.26. The van der Waals surface area contributed by atoms with Gasteiger partial charge < -0.3 is 9.32 Å². The minimum absolute atomic E-state index is 0.206. The van der Waals surface area contributed by atoms with Gasteiger partial charge in [-0.15, -0.1) is 0 Å². The van der Waals surface area contributed by atoms with Crippen molar-refractivity contribution in [1.82, 2.24) is 4.90 Å². The van der Waals surface area contributed by atoms with Gasteiger partial charge in [-0.2, -0.15) is 0 Å². The van der Waals surface area contributed by atoms with Gasteiger partial charge in [-0.05, 0) is 31.2 Å². The second-order valence-electron chi connectivity index (χ2n) is 5.57. The van der Waals surface area contributed by atoms with Crippen LogP contribution in [0.4, 0.5) is 0 Å². The Morgan fingerprint density at radius 2 is 1.83 bits per heavy atom. The molecule has 3 rings (SSSR count). The molecule has 2 unspecified atom stereocenters. The first-order chi connectivity index (χ1) is 11.7. The lowest BCUT2D eigenvalue weighted by molar-refractivity contribution is -0.120. The molecule has 0 bridgehead atoms. The van der Waals surface area contributed by atoms with E-state index in [1.807, 2.05) is 67.6 Å². The maximum Gasteiger partial charge on any atom is 0.210 e. The van der Waals surface area contributed by atoms with Crippen LogP contribution in [0.15, 0.2) is 70.0 Å². The van der Waals surface area contributed by atoms with Crippen molar-refractivity contribution < 1.29 is 13.4 Å². The van der Waals surface area contributed by atoms with Crippen molar-refractivity contribution in [3.8, 4) is 0 Å². The second kappa shape index (κ2) is 7.45.